The van der Waals surface area contributed by atoms with Gasteiger partial charge in [-0.2, -0.15) is 0 Å². The van der Waals surface area contributed by atoms with Crippen LogP contribution in [-0.2, 0) is 4.74 Å². The minimum Gasteiger partial charge on any atom is -0.487 e. The van der Waals surface area contributed by atoms with Gasteiger partial charge in [-0.05, 0) is 45.6 Å². The lowest BCUT2D eigenvalue weighted by Crippen LogP contribution is -2.50. The number of benzene rings is 1. The molecule has 1 aromatic rings. The van der Waals surface area contributed by atoms with E-state index in [1.54, 1.807) is 0 Å². The van der Waals surface area contributed by atoms with Crippen molar-refractivity contribution in [3.63, 3.8) is 0 Å². The molecule has 5 atom stereocenters. The van der Waals surface area contributed by atoms with E-state index in [0.717, 1.165) is 31.4 Å². The van der Waals surface area contributed by atoms with Crippen molar-refractivity contribution in [2.75, 3.05) is 0 Å². The number of rotatable bonds is 3. The molecule has 0 N–H and O–H groups in total. The molecule has 1 aromatic carbocycles. The summed E-state index contributed by atoms with van der Waals surface area (Å²) in [5.41, 5.74) is 0.949. The van der Waals surface area contributed by atoms with Gasteiger partial charge in [0.15, 0.2) is 0 Å². The molecule has 0 unspecified atom stereocenters. The molecule has 2 aliphatic heterocycles. The summed E-state index contributed by atoms with van der Waals surface area (Å²) in [6.45, 7) is 8.74. The molecule has 2 nitrogen and oxygen atoms in total. The van der Waals surface area contributed by atoms with Gasteiger partial charge in [0.2, 0.25) is 0 Å². The summed E-state index contributed by atoms with van der Waals surface area (Å²) in [4.78, 5) is 0. The molecule has 4 rings (SSSR count). The smallest absolute Gasteiger partial charge is 0.127 e. The summed E-state index contributed by atoms with van der Waals surface area (Å²) < 4.78 is 12.4. The first kappa shape index (κ1) is 17.9. The third-order valence-corrected chi connectivity index (χ3v) is 8.50. The Labute approximate surface area is 161 Å². The van der Waals surface area contributed by atoms with Gasteiger partial charge in [0.25, 0.3) is 0 Å². The molecule has 4 heteroatoms. The van der Waals surface area contributed by atoms with Crippen molar-refractivity contribution in [1.82, 2.24) is 0 Å². The van der Waals surface area contributed by atoms with E-state index in [4.69, 9.17) is 32.7 Å². The molecule has 0 aromatic heterocycles. The van der Waals surface area contributed by atoms with E-state index < -0.39 is 4.33 Å². The summed E-state index contributed by atoms with van der Waals surface area (Å²) in [5.74, 6) is 1.67. The Morgan fingerprint density at radius 2 is 1.80 bits per heavy atom. The molecular formula is C21H28Cl2O2. The molecule has 138 valence electrons. The fourth-order valence-corrected chi connectivity index (χ4v) is 5.91. The molecule has 2 fully saturated rings. The molecule has 1 saturated carbocycles. The van der Waals surface area contributed by atoms with Crippen LogP contribution in [0.2, 0.25) is 0 Å². The van der Waals surface area contributed by atoms with Crippen LogP contribution in [0.15, 0.2) is 24.3 Å². The Hall–Kier alpha value is -0.440. The number of fused-ring (bicyclic) bond motifs is 3. The zero-order valence-corrected chi connectivity index (χ0v) is 17.0. The Morgan fingerprint density at radius 3 is 2.48 bits per heavy atom. The van der Waals surface area contributed by atoms with Crippen LogP contribution in [0.4, 0.5) is 0 Å². The van der Waals surface area contributed by atoms with Crippen LogP contribution in [0.25, 0.3) is 0 Å². The molecule has 3 aliphatic rings. The van der Waals surface area contributed by atoms with Gasteiger partial charge >= 0.3 is 0 Å². The highest BCUT2D eigenvalue weighted by molar-refractivity contribution is 6.51. The lowest BCUT2D eigenvalue weighted by Gasteiger charge is -2.50. The predicted octanol–water partition coefficient (Wildman–Crippen LogP) is 6.30. The van der Waals surface area contributed by atoms with Crippen molar-refractivity contribution in [1.29, 1.82) is 0 Å². The first-order valence-corrected chi connectivity index (χ1v) is 10.2. The maximum absolute atomic E-state index is 6.57. The standard InChI is InChI=1S/C21H28Cl2O2/c1-13-9-10-15-18(24-13)14-7-5-6-8-16(14)25-20(15,4)12-11-17-19(2,3)21(17,22)23/h5-8,13,15,17-18H,9-12H2,1-4H3/t13-,15-,17-,18-,20-/m1/s1. The largest absolute Gasteiger partial charge is 0.487 e. The molecule has 0 spiro atoms. The second-order valence-corrected chi connectivity index (χ2v) is 10.3. The predicted molar refractivity (Wildman–Crippen MR) is 102 cm³/mol. The van der Waals surface area contributed by atoms with E-state index in [2.05, 4.69) is 45.9 Å². The first-order valence-electron chi connectivity index (χ1n) is 9.48. The fourth-order valence-electron chi connectivity index (χ4n) is 5.00. The first-order chi connectivity index (χ1) is 11.7. The van der Waals surface area contributed by atoms with Crippen LogP contribution in [0.1, 0.15) is 65.0 Å². The minimum absolute atomic E-state index is 0.0178. The van der Waals surface area contributed by atoms with E-state index in [0.29, 0.717) is 17.9 Å². The van der Waals surface area contributed by atoms with E-state index in [1.807, 2.05) is 6.07 Å². The van der Waals surface area contributed by atoms with Crippen molar-refractivity contribution < 1.29 is 9.47 Å². The number of hydrogen-bond donors (Lipinski definition) is 0. The Bertz CT molecular complexity index is 658. The van der Waals surface area contributed by atoms with Crippen molar-refractivity contribution in [2.24, 2.45) is 17.3 Å². The maximum atomic E-state index is 6.57. The molecular weight excluding hydrogens is 355 g/mol. The number of para-hydroxylation sites is 1. The van der Waals surface area contributed by atoms with Crippen molar-refractivity contribution in [3.8, 4) is 5.75 Å². The van der Waals surface area contributed by atoms with E-state index >= 15 is 0 Å². The van der Waals surface area contributed by atoms with Gasteiger partial charge in [-0.15, -0.1) is 23.2 Å². The molecule has 1 saturated heterocycles. The highest BCUT2D eigenvalue weighted by Gasteiger charge is 2.69. The number of ether oxygens (including phenoxy) is 2. The molecule has 0 bridgehead atoms. The topological polar surface area (TPSA) is 18.5 Å². The van der Waals surface area contributed by atoms with Crippen LogP contribution in [0, 0.1) is 17.3 Å². The van der Waals surface area contributed by atoms with Gasteiger partial charge in [-0.3, -0.25) is 0 Å². The van der Waals surface area contributed by atoms with Crippen LogP contribution in [0.5, 0.6) is 5.75 Å². The third-order valence-electron chi connectivity index (χ3n) is 7.00. The zero-order valence-electron chi connectivity index (χ0n) is 15.5. The lowest BCUT2D eigenvalue weighted by molar-refractivity contribution is -0.153. The monoisotopic (exact) mass is 382 g/mol. The third kappa shape index (κ3) is 2.71. The lowest BCUT2D eigenvalue weighted by atomic mass is 9.72. The molecule has 0 amide bonds. The van der Waals surface area contributed by atoms with E-state index in [1.165, 1.54) is 5.56 Å². The molecule has 0 radical (unpaired) electrons. The molecule has 25 heavy (non-hydrogen) atoms. The van der Waals surface area contributed by atoms with Crippen LogP contribution >= 0.6 is 23.2 Å². The van der Waals surface area contributed by atoms with Gasteiger partial charge in [-0.1, -0.05) is 32.0 Å². The maximum Gasteiger partial charge on any atom is 0.127 e. The number of hydrogen-bond acceptors (Lipinski definition) is 2. The Morgan fingerprint density at radius 1 is 1.12 bits per heavy atom. The van der Waals surface area contributed by atoms with Gasteiger partial charge in [0, 0.05) is 22.8 Å². The molecule has 1 aliphatic carbocycles. The van der Waals surface area contributed by atoms with Gasteiger partial charge in [-0.25, -0.2) is 0 Å². The molecule has 2 heterocycles. The SMILES string of the molecule is C[C@@H]1CC[C@@H]2[C@H](O1)c1ccccc1O[C@]2(C)CC[C@@H]1C(C)(C)C1(Cl)Cl. The van der Waals surface area contributed by atoms with Gasteiger partial charge in [0.05, 0.1) is 12.2 Å². The summed E-state index contributed by atoms with van der Waals surface area (Å²) in [5, 5.41) is 0. The normalized spacial score (nSPS) is 40.6. The summed E-state index contributed by atoms with van der Waals surface area (Å²) in [7, 11) is 0. The summed E-state index contributed by atoms with van der Waals surface area (Å²) >= 11 is 13.0. The number of halogens is 2. The summed E-state index contributed by atoms with van der Waals surface area (Å²) in [6, 6.07) is 8.34. The zero-order chi connectivity index (χ0) is 18.0. The quantitative estimate of drug-likeness (QED) is 0.570. The highest BCUT2D eigenvalue weighted by Crippen LogP contribution is 2.70. The minimum atomic E-state index is -0.604. The highest BCUT2D eigenvalue weighted by atomic mass is 35.5. The van der Waals surface area contributed by atoms with Crippen molar-refractivity contribution in [2.45, 2.75) is 75.5 Å². The van der Waals surface area contributed by atoms with Crippen molar-refractivity contribution in [3.05, 3.63) is 29.8 Å². The summed E-state index contributed by atoms with van der Waals surface area (Å²) in [6.07, 6.45) is 4.59. The average molecular weight is 383 g/mol. The van der Waals surface area contributed by atoms with Gasteiger partial charge in [0.1, 0.15) is 15.7 Å². The van der Waals surface area contributed by atoms with Crippen LogP contribution in [-0.4, -0.2) is 16.0 Å². The van der Waals surface area contributed by atoms with E-state index in [9.17, 15) is 0 Å². The average Bonchev–Trinajstić information content (AvgIpc) is 2.94. The van der Waals surface area contributed by atoms with Crippen LogP contribution < -0.4 is 4.74 Å². The van der Waals surface area contributed by atoms with E-state index in [-0.39, 0.29) is 17.1 Å². The fraction of sp³-hybridized carbons (Fsp3) is 0.714. The Kier molecular flexibility index (Phi) is 4.15. The van der Waals surface area contributed by atoms with Gasteiger partial charge < -0.3 is 9.47 Å². The second-order valence-electron chi connectivity index (χ2n) is 8.94. The van der Waals surface area contributed by atoms with Crippen molar-refractivity contribution >= 4 is 23.2 Å². The number of alkyl halides is 2. The Balaban J connectivity index is 1.59. The second kappa shape index (κ2) is 5.78. The van der Waals surface area contributed by atoms with Crippen LogP contribution in [0.3, 0.4) is 0 Å².